The highest BCUT2D eigenvalue weighted by atomic mass is 35.5. The van der Waals surface area contributed by atoms with Crippen LogP contribution >= 0.6 is 23.4 Å². The summed E-state index contributed by atoms with van der Waals surface area (Å²) in [5, 5.41) is 10.4. The van der Waals surface area contributed by atoms with E-state index in [1.54, 1.807) is 18.9 Å². The number of hydrogen-bond acceptors (Lipinski definition) is 5. The lowest BCUT2D eigenvalue weighted by Crippen LogP contribution is -2.14. The van der Waals surface area contributed by atoms with Gasteiger partial charge in [-0.05, 0) is 62.7 Å². The molecule has 0 fully saturated rings. The summed E-state index contributed by atoms with van der Waals surface area (Å²) in [6.45, 7) is 6.24. The highest BCUT2D eigenvalue weighted by Crippen LogP contribution is 2.30. The smallest absolute Gasteiger partial charge is 0.191 e. The van der Waals surface area contributed by atoms with Crippen molar-refractivity contribution in [1.82, 2.24) is 14.8 Å². The van der Waals surface area contributed by atoms with Crippen LogP contribution in [0.15, 0.2) is 53.7 Å². The summed E-state index contributed by atoms with van der Waals surface area (Å²) in [6.07, 6.45) is -0.229. The van der Waals surface area contributed by atoms with Gasteiger partial charge in [-0.25, -0.2) is 0 Å². The maximum Gasteiger partial charge on any atom is 0.191 e. The predicted molar refractivity (Wildman–Crippen MR) is 113 cm³/mol. The molecule has 3 aromatic rings. The number of rotatable bonds is 8. The second kappa shape index (κ2) is 9.34. The van der Waals surface area contributed by atoms with Crippen molar-refractivity contribution in [3.63, 3.8) is 0 Å². The second-order valence-electron chi connectivity index (χ2n) is 6.66. The Morgan fingerprint density at radius 2 is 1.61 bits per heavy atom. The van der Waals surface area contributed by atoms with Crippen LogP contribution in [0.2, 0.25) is 5.02 Å². The lowest BCUT2D eigenvalue weighted by atomic mass is 10.2. The van der Waals surface area contributed by atoms with Gasteiger partial charge in [-0.2, -0.15) is 0 Å². The topological polar surface area (TPSA) is 49.2 Å². The number of thioether (sulfide) groups is 1. The van der Waals surface area contributed by atoms with Gasteiger partial charge in [0, 0.05) is 16.8 Å². The molecule has 1 heterocycles. The van der Waals surface area contributed by atoms with Gasteiger partial charge >= 0.3 is 0 Å². The van der Waals surface area contributed by atoms with Crippen LogP contribution in [-0.4, -0.2) is 21.9 Å². The van der Waals surface area contributed by atoms with Crippen molar-refractivity contribution < 1.29 is 9.47 Å². The maximum absolute atomic E-state index is 6.08. The van der Waals surface area contributed by atoms with Crippen molar-refractivity contribution in [2.45, 2.75) is 43.8 Å². The molecule has 0 amide bonds. The molecule has 0 saturated carbocycles. The van der Waals surface area contributed by atoms with Crippen LogP contribution in [0.3, 0.4) is 0 Å². The Labute approximate surface area is 175 Å². The Morgan fingerprint density at radius 3 is 2.21 bits per heavy atom. The van der Waals surface area contributed by atoms with E-state index in [-0.39, 0.29) is 12.1 Å². The largest absolute Gasteiger partial charge is 0.497 e. The van der Waals surface area contributed by atoms with Gasteiger partial charge in [-0.1, -0.05) is 35.5 Å². The van der Waals surface area contributed by atoms with Crippen molar-refractivity contribution in [1.29, 1.82) is 0 Å². The van der Waals surface area contributed by atoms with E-state index in [9.17, 15) is 0 Å². The van der Waals surface area contributed by atoms with E-state index in [1.807, 2.05) is 55.5 Å². The van der Waals surface area contributed by atoms with Gasteiger partial charge in [0.1, 0.15) is 11.5 Å². The van der Waals surface area contributed by atoms with Crippen LogP contribution in [0.1, 0.15) is 44.3 Å². The van der Waals surface area contributed by atoms with Gasteiger partial charge in [-0.3, -0.25) is 0 Å². The molecular weight excluding hydrogens is 394 g/mol. The molecule has 0 aliphatic carbocycles. The van der Waals surface area contributed by atoms with E-state index in [2.05, 4.69) is 28.6 Å². The number of nitrogens with zero attached hydrogens (tertiary/aromatic N) is 3. The monoisotopic (exact) mass is 417 g/mol. The third-order valence-electron chi connectivity index (χ3n) is 4.22. The van der Waals surface area contributed by atoms with Crippen LogP contribution in [0.25, 0.3) is 0 Å². The van der Waals surface area contributed by atoms with Crippen LogP contribution < -0.4 is 9.47 Å². The van der Waals surface area contributed by atoms with Gasteiger partial charge < -0.3 is 14.0 Å². The molecule has 0 aliphatic rings. The summed E-state index contributed by atoms with van der Waals surface area (Å²) >= 11 is 7.62. The van der Waals surface area contributed by atoms with Crippen molar-refractivity contribution in [3.8, 4) is 11.5 Å². The molecule has 2 aromatic carbocycles. The van der Waals surface area contributed by atoms with Gasteiger partial charge in [0.25, 0.3) is 0 Å². The Morgan fingerprint density at radius 1 is 0.964 bits per heavy atom. The molecule has 5 nitrogen and oxygen atoms in total. The first-order valence-corrected chi connectivity index (χ1v) is 10.5. The van der Waals surface area contributed by atoms with Gasteiger partial charge in [0.15, 0.2) is 17.1 Å². The Bertz CT molecular complexity index is 895. The zero-order valence-electron chi connectivity index (χ0n) is 16.4. The van der Waals surface area contributed by atoms with Crippen molar-refractivity contribution in [2.24, 2.45) is 0 Å². The number of ether oxygens (including phenoxy) is 2. The summed E-state index contributed by atoms with van der Waals surface area (Å²) in [6, 6.07) is 15.6. The quantitative estimate of drug-likeness (QED) is 0.423. The minimum atomic E-state index is -0.229. The SMILES string of the molecule is COc1ccc(OC(C)c2nnc(SCc3ccc(Cl)cc3)n2C(C)C)cc1. The van der Waals surface area contributed by atoms with E-state index in [0.29, 0.717) is 0 Å². The first-order chi connectivity index (χ1) is 13.5. The van der Waals surface area contributed by atoms with Crippen LogP contribution in [0.4, 0.5) is 0 Å². The lowest BCUT2D eigenvalue weighted by Gasteiger charge is -2.19. The normalized spacial score (nSPS) is 12.2. The van der Waals surface area contributed by atoms with Crippen LogP contribution in [0.5, 0.6) is 11.5 Å². The molecule has 7 heteroatoms. The molecule has 0 spiro atoms. The standard InChI is InChI=1S/C21H24ClN3O2S/c1-14(2)25-20(15(3)27-19-11-9-18(26-4)10-12-19)23-24-21(25)28-13-16-5-7-17(22)8-6-16/h5-12,14-15H,13H2,1-4H3. The van der Waals surface area contributed by atoms with Gasteiger partial charge in [-0.15, -0.1) is 10.2 Å². The number of aromatic nitrogens is 3. The Hall–Kier alpha value is -2.18. The molecular formula is C21H24ClN3O2S. The van der Waals surface area contributed by atoms with E-state index in [4.69, 9.17) is 21.1 Å². The molecule has 0 saturated heterocycles. The highest BCUT2D eigenvalue weighted by molar-refractivity contribution is 7.98. The first kappa shape index (κ1) is 20.6. The van der Waals surface area contributed by atoms with Crippen molar-refractivity contribution in [2.75, 3.05) is 7.11 Å². The molecule has 0 radical (unpaired) electrons. The fourth-order valence-electron chi connectivity index (χ4n) is 2.79. The van der Waals surface area contributed by atoms with Gasteiger partial charge in [0.05, 0.1) is 7.11 Å². The minimum Gasteiger partial charge on any atom is -0.497 e. The first-order valence-electron chi connectivity index (χ1n) is 9.10. The van der Waals surface area contributed by atoms with Crippen LogP contribution in [0, 0.1) is 0 Å². The van der Waals surface area contributed by atoms with Crippen molar-refractivity contribution >= 4 is 23.4 Å². The molecule has 1 atom stereocenters. The predicted octanol–water partition coefficient (Wildman–Crippen LogP) is 5.95. The maximum atomic E-state index is 6.08. The van der Waals surface area contributed by atoms with E-state index < -0.39 is 0 Å². The summed E-state index contributed by atoms with van der Waals surface area (Å²) in [4.78, 5) is 0. The Kier molecular flexibility index (Phi) is 6.86. The van der Waals surface area contributed by atoms with Gasteiger partial charge in [0.2, 0.25) is 0 Å². The third-order valence-corrected chi connectivity index (χ3v) is 5.49. The summed E-state index contributed by atoms with van der Waals surface area (Å²) in [5.41, 5.74) is 1.19. The number of hydrogen-bond donors (Lipinski definition) is 0. The number of methoxy groups -OCH3 is 1. The summed E-state index contributed by atoms with van der Waals surface area (Å²) in [5.74, 6) is 3.17. The molecule has 0 aliphatic heterocycles. The molecule has 3 rings (SSSR count). The molecule has 28 heavy (non-hydrogen) atoms. The third kappa shape index (κ3) is 5.00. The van der Waals surface area contributed by atoms with Crippen LogP contribution in [-0.2, 0) is 5.75 Å². The van der Waals surface area contributed by atoms with E-state index in [0.717, 1.165) is 33.3 Å². The molecule has 1 aromatic heterocycles. The average Bonchev–Trinajstić information content (AvgIpc) is 3.12. The average molecular weight is 418 g/mol. The summed E-state index contributed by atoms with van der Waals surface area (Å²) < 4.78 is 13.4. The summed E-state index contributed by atoms with van der Waals surface area (Å²) in [7, 11) is 1.65. The van der Waals surface area contributed by atoms with Crippen molar-refractivity contribution in [3.05, 3.63) is 64.9 Å². The fraction of sp³-hybridized carbons (Fsp3) is 0.333. The molecule has 0 N–H and O–H groups in total. The number of halogens is 1. The lowest BCUT2D eigenvalue weighted by molar-refractivity contribution is 0.207. The zero-order valence-corrected chi connectivity index (χ0v) is 18.0. The number of benzene rings is 2. The second-order valence-corrected chi connectivity index (χ2v) is 8.03. The molecule has 148 valence electrons. The minimum absolute atomic E-state index is 0.222. The Balaban J connectivity index is 1.74. The van der Waals surface area contributed by atoms with E-state index >= 15 is 0 Å². The molecule has 0 bridgehead atoms. The highest BCUT2D eigenvalue weighted by Gasteiger charge is 2.21. The van der Waals surface area contributed by atoms with E-state index in [1.165, 1.54) is 5.56 Å². The molecule has 1 unspecified atom stereocenters. The zero-order chi connectivity index (χ0) is 20.1. The fourth-order valence-corrected chi connectivity index (χ4v) is 3.95.